The molecule has 4 rings (SSSR count). The van der Waals surface area contributed by atoms with Crippen molar-refractivity contribution in [3.8, 4) is 0 Å². The second-order valence-corrected chi connectivity index (χ2v) is 8.83. The van der Waals surface area contributed by atoms with Gasteiger partial charge >= 0.3 is 0 Å². The van der Waals surface area contributed by atoms with E-state index in [4.69, 9.17) is 0 Å². The van der Waals surface area contributed by atoms with Crippen LogP contribution in [0, 0.1) is 6.92 Å². The molecule has 1 amide bonds. The van der Waals surface area contributed by atoms with E-state index >= 15 is 0 Å². The molecule has 27 heavy (non-hydrogen) atoms. The fourth-order valence-electron chi connectivity index (χ4n) is 3.00. The molecule has 6 nitrogen and oxygen atoms in total. The molecule has 0 aliphatic carbocycles. The highest BCUT2D eigenvalue weighted by Crippen LogP contribution is 2.30. The zero-order valence-corrected chi connectivity index (χ0v) is 16.2. The van der Waals surface area contributed by atoms with E-state index in [1.807, 2.05) is 31.2 Å². The molecule has 0 saturated heterocycles. The third kappa shape index (κ3) is 3.45. The number of carbonyl (C=O) groups excluding carboxylic acids is 1. The summed E-state index contributed by atoms with van der Waals surface area (Å²) in [4.78, 5) is 18.8. The summed E-state index contributed by atoms with van der Waals surface area (Å²) in [7, 11) is -3.74. The highest BCUT2D eigenvalue weighted by molar-refractivity contribution is 7.93. The normalized spacial score (nSPS) is 13.4. The first-order chi connectivity index (χ1) is 12.9. The van der Waals surface area contributed by atoms with E-state index in [2.05, 4.69) is 9.71 Å². The number of hydrogen-bond acceptors (Lipinski definition) is 5. The zero-order valence-electron chi connectivity index (χ0n) is 14.5. The molecule has 2 aromatic carbocycles. The van der Waals surface area contributed by atoms with E-state index in [-0.39, 0.29) is 21.6 Å². The second kappa shape index (κ2) is 6.79. The van der Waals surface area contributed by atoms with Crippen molar-refractivity contribution in [1.29, 1.82) is 0 Å². The molecule has 2 heterocycles. The molecule has 1 N–H and O–H groups in total. The van der Waals surface area contributed by atoms with Gasteiger partial charge in [-0.2, -0.15) is 0 Å². The number of benzene rings is 2. The van der Waals surface area contributed by atoms with Crippen LogP contribution in [-0.2, 0) is 16.4 Å². The Morgan fingerprint density at radius 2 is 1.89 bits per heavy atom. The number of anilines is 2. The number of fused-ring (bicyclic) bond motifs is 1. The largest absolute Gasteiger partial charge is 0.306 e. The van der Waals surface area contributed by atoms with Crippen LogP contribution in [0.5, 0.6) is 0 Å². The van der Waals surface area contributed by atoms with Crippen molar-refractivity contribution in [3.05, 3.63) is 70.7 Å². The maximum absolute atomic E-state index is 12.8. The predicted molar refractivity (Wildman–Crippen MR) is 106 cm³/mol. The Balaban J connectivity index is 1.54. The zero-order chi connectivity index (χ0) is 19.0. The molecular formula is C19H17N3O3S2. The van der Waals surface area contributed by atoms with Crippen LogP contribution in [0.1, 0.15) is 21.6 Å². The molecule has 1 aliphatic heterocycles. The van der Waals surface area contributed by atoms with E-state index in [1.165, 1.54) is 0 Å². The van der Waals surface area contributed by atoms with Gasteiger partial charge in [0.2, 0.25) is 0 Å². The van der Waals surface area contributed by atoms with Gasteiger partial charge in [0.05, 0.1) is 4.90 Å². The van der Waals surface area contributed by atoms with E-state index in [1.54, 1.807) is 34.5 Å². The first-order valence-electron chi connectivity index (χ1n) is 8.39. The van der Waals surface area contributed by atoms with Gasteiger partial charge < -0.3 is 4.90 Å². The Kier molecular flexibility index (Phi) is 4.45. The van der Waals surface area contributed by atoms with Gasteiger partial charge in [-0.1, -0.05) is 35.9 Å². The maximum Gasteiger partial charge on any atom is 0.277 e. The van der Waals surface area contributed by atoms with Gasteiger partial charge in [0.15, 0.2) is 5.13 Å². The third-order valence-electron chi connectivity index (χ3n) is 4.41. The Labute approximate surface area is 161 Å². The van der Waals surface area contributed by atoms with Gasteiger partial charge in [0.1, 0.15) is 5.69 Å². The smallest absolute Gasteiger partial charge is 0.277 e. The van der Waals surface area contributed by atoms with Gasteiger partial charge in [-0.15, -0.1) is 11.3 Å². The van der Waals surface area contributed by atoms with Gasteiger partial charge in [-0.05, 0) is 37.1 Å². The molecule has 0 radical (unpaired) electrons. The molecule has 0 bridgehead atoms. The maximum atomic E-state index is 12.8. The van der Waals surface area contributed by atoms with Crippen molar-refractivity contribution in [2.45, 2.75) is 18.2 Å². The molecule has 0 atom stereocenters. The minimum Gasteiger partial charge on any atom is -0.306 e. The summed E-state index contributed by atoms with van der Waals surface area (Å²) in [5.74, 6) is -0.225. The molecule has 1 aliphatic rings. The average Bonchev–Trinajstić information content (AvgIpc) is 3.28. The molecule has 0 saturated carbocycles. The lowest BCUT2D eigenvalue weighted by atomic mass is 10.2. The first-order valence-corrected chi connectivity index (χ1v) is 10.7. The van der Waals surface area contributed by atoms with Crippen molar-refractivity contribution >= 4 is 38.1 Å². The quantitative estimate of drug-likeness (QED) is 0.729. The van der Waals surface area contributed by atoms with E-state index < -0.39 is 10.0 Å². The first kappa shape index (κ1) is 17.7. The molecule has 0 fully saturated rings. The number of amides is 1. The predicted octanol–water partition coefficient (Wildman–Crippen LogP) is 3.46. The highest BCUT2D eigenvalue weighted by atomic mass is 32.2. The highest BCUT2D eigenvalue weighted by Gasteiger charge is 2.27. The molecule has 0 unspecified atom stereocenters. The number of hydrogen-bond donors (Lipinski definition) is 1. The summed E-state index contributed by atoms with van der Waals surface area (Å²) in [6, 6.07) is 14.3. The molecular weight excluding hydrogens is 382 g/mol. The number of carbonyl (C=O) groups is 1. The van der Waals surface area contributed by atoms with Crippen LogP contribution in [-0.4, -0.2) is 25.9 Å². The summed E-state index contributed by atoms with van der Waals surface area (Å²) in [6.45, 7) is 2.49. The Morgan fingerprint density at radius 3 is 2.67 bits per heavy atom. The molecule has 8 heteroatoms. The number of aryl methyl sites for hydroxylation is 1. The summed E-state index contributed by atoms with van der Waals surface area (Å²) >= 11 is 1.09. The lowest BCUT2D eigenvalue weighted by Gasteiger charge is -2.15. The van der Waals surface area contributed by atoms with E-state index in [0.29, 0.717) is 6.54 Å². The summed E-state index contributed by atoms with van der Waals surface area (Å²) in [5.41, 5.74) is 3.22. The number of nitrogens with one attached hydrogen (secondary N) is 1. The van der Waals surface area contributed by atoms with Gasteiger partial charge in [-0.25, -0.2) is 13.4 Å². The Hall–Kier alpha value is -2.71. The summed E-state index contributed by atoms with van der Waals surface area (Å²) in [5, 5.41) is 1.75. The molecule has 0 spiro atoms. The van der Waals surface area contributed by atoms with Crippen LogP contribution in [0.25, 0.3) is 0 Å². The number of thiazole rings is 1. The summed E-state index contributed by atoms with van der Waals surface area (Å²) < 4.78 is 27.4. The topological polar surface area (TPSA) is 79.4 Å². The van der Waals surface area contributed by atoms with Gasteiger partial charge in [-0.3, -0.25) is 9.52 Å². The Morgan fingerprint density at radius 1 is 1.15 bits per heavy atom. The standard InChI is InChI=1S/C19H17N3O3S2/c1-13-6-8-15(9-7-13)27(24,25)21-19-20-16(12-26-19)18(23)22-11-10-14-4-2-3-5-17(14)22/h2-9,12H,10-11H2,1H3,(H,20,21). The lowest BCUT2D eigenvalue weighted by molar-refractivity contribution is 0.0985. The number of para-hydroxylation sites is 1. The van der Waals surface area contributed by atoms with Crippen LogP contribution in [0.15, 0.2) is 58.8 Å². The van der Waals surface area contributed by atoms with E-state index in [0.717, 1.165) is 34.6 Å². The second-order valence-electron chi connectivity index (χ2n) is 6.29. The number of sulfonamides is 1. The average molecular weight is 399 g/mol. The lowest BCUT2D eigenvalue weighted by Crippen LogP contribution is -2.29. The van der Waals surface area contributed by atoms with Crippen molar-refractivity contribution in [1.82, 2.24) is 4.98 Å². The van der Waals surface area contributed by atoms with E-state index in [9.17, 15) is 13.2 Å². The minimum absolute atomic E-state index is 0.157. The van der Waals surface area contributed by atoms with Crippen LogP contribution < -0.4 is 9.62 Å². The monoisotopic (exact) mass is 399 g/mol. The molecule has 3 aromatic rings. The van der Waals surface area contributed by atoms with Crippen molar-refractivity contribution < 1.29 is 13.2 Å². The number of nitrogens with zero attached hydrogens (tertiary/aromatic N) is 2. The minimum atomic E-state index is -3.74. The van der Waals surface area contributed by atoms with Crippen molar-refractivity contribution in [2.75, 3.05) is 16.2 Å². The van der Waals surface area contributed by atoms with Gasteiger partial charge in [0.25, 0.3) is 15.9 Å². The van der Waals surface area contributed by atoms with Crippen molar-refractivity contribution in [2.24, 2.45) is 0 Å². The van der Waals surface area contributed by atoms with Crippen molar-refractivity contribution in [3.63, 3.8) is 0 Å². The summed E-state index contributed by atoms with van der Waals surface area (Å²) in [6.07, 6.45) is 0.805. The van der Waals surface area contributed by atoms with Gasteiger partial charge in [0, 0.05) is 17.6 Å². The SMILES string of the molecule is Cc1ccc(S(=O)(=O)Nc2nc(C(=O)N3CCc4ccccc43)cs2)cc1. The Bertz CT molecular complexity index is 1110. The van der Waals surface area contributed by atoms with Crippen LogP contribution >= 0.6 is 11.3 Å². The third-order valence-corrected chi connectivity index (χ3v) is 6.65. The van der Waals surface area contributed by atoms with Crippen LogP contribution in [0.3, 0.4) is 0 Å². The number of aromatic nitrogens is 1. The fraction of sp³-hybridized carbons (Fsp3) is 0.158. The van der Waals surface area contributed by atoms with Crippen LogP contribution in [0.2, 0.25) is 0 Å². The number of rotatable bonds is 4. The molecule has 138 valence electrons. The fourth-order valence-corrected chi connectivity index (χ4v) is 4.93. The van der Waals surface area contributed by atoms with Crippen LogP contribution in [0.4, 0.5) is 10.8 Å². The molecule has 1 aromatic heterocycles.